The van der Waals surface area contributed by atoms with Gasteiger partial charge in [0, 0.05) is 6.07 Å². The van der Waals surface area contributed by atoms with Gasteiger partial charge in [0.15, 0.2) is 0 Å². The second-order valence-electron chi connectivity index (χ2n) is 5.21. The number of carbonyl (C=O) groups is 1. The first-order valence-corrected chi connectivity index (χ1v) is 7.00. The summed E-state index contributed by atoms with van der Waals surface area (Å²) in [4.78, 5) is 32.9. The molecule has 0 radical (unpaired) electrons. The standard InChI is InChI=1S/C15H18N2O6/c1-5-10(4)23-15(18)14(9(2)3)12-7-6-11(16(19)20)8-13(12)17(21)22/h6-8,10H,5H2,1-4H3. The third-order valence-electron chi connectivity index (χ3n) is 3.25. The summed E-state index contributed by atoms with van der Waals surface area (Å²) >= 11 is 0. The molecule has 1 aromatic carbocycles. The number of nitro benzene ring substituents is 2. The predicted octanol–water partition coefficient (Wildman–Crippen LogP) is 3.64. The molecular formula is C15H18N2O6. The van der Waals surface area contributed by atoms with Gasteiger partial charge in [-0.05, 0) is 33.3 Å². The molecule has 1 rings (SSSR count). The normalized spacial score (nSPS) is 11.5. The topological polar surface area (TPSA) is 113 Å². The van der Waals surface area contributed by atoms with Gasteiger partial charge in [0.25, 0.3) is 11.4 Å². The Labute approximate surface area is 133 Å². The molecule has 8 heteroatoms. The maximum atomic E-state index is 12.3. The van der Waals surface area contributed by atoms with Gasteiger partial charge < -0.3 is 4.74 Å². The Morgan fingerprint density at radius 3 is 2.26 bits per heavy atom. The van der Waals surface area contributed by atoms with Crippen LogP contribution in [0.4, 0.5) is 11.4 Å². The lowest BCUT2D eigenvalue weighted by atomic mass is 9.99. The third kappa shape index (κ3) is 4.35. The molecule has 124 valence electrons. The Hall–Kier alpha value is -2.77. The zero-order chi connectivity index (χ0) is 17.7. The Morgan fingerprint density at radius 1 is 1.22 bits per heavy atom. The van der Waals surface area contributed by atoms with E-state index in [1.54, 1.807) is 20.8 Å². The van der Waals surface area contributed by atoms with Gasteiger partial charge in [-0.1, -0.05) is 12.5 Å². The zero-order valence-electron chi connectivity index (χ0n) is 13.4. The number of hydrogen-bond donors (Lipinski definition) is 0. The average molecular weight is 322 g/mol. The molecule has 0 saturated heterocycles. The largest absolute Gasteiger partial charge is 0.459 e. The molecule has 0 N–H and O–H groups in total. The summed E-state index contributed by atoms with van der Waals surface area (Å²) in [5, 5.41) is 22.0. The third-order valence-corrected chi connectivity index (χ3v) is 3.25. The second kappa shape index (κ2) is 7.48. The molecule has 0 fully saturated rings. The molecule has 0 aliphatic heterocycles. The minimum atomic E-state index is -0.748. The Bertz CT molecular complexity index is 677. The summed E-state index contributed by atoms with van der Waals surface area (Å²) in [5.74, 6) is -0.684. The molecule has 0 aliphatic rings. The van der Waals surface area contributed by atoms with Crippen LogP contribution in [0.1, 0.15) is 39.7 Å². The van der Waals surface area contributed by atoms with Crippen molar-refractivity contribution >= 4 is 22.9 Å². The minimum Gasteiger partial charge on any atom is -0.459 e. The zero-order valence-corrected chi connectivity index (χ0v) is 13.4. The van der Waals surface area contributed by atoms with Gasteiger partial charge in [-0.2, -0.15) is 0 Å². The van der Waals surface area contributed by atoms with Crippen molar-refractivity contribution in [1.29, 1.82) is 0 Å². The Kier molecular flexibility index (Phi) is 5.94. The van der Waals surface area contributed by atoms with Crippen LogP contribution >= 0.6 is 0 Å². The molecule has 0 spiro atoms. The number of rotatable bonds is 6. The van der Waals surface area contributed by atoms with Crippen LogP contribution in [0.3, 0.4) is 0 Å². The Balaban J connectivity index is 3.45. The summed E-state index contributed by atoms with van der Waals surface area (Å²) in [6, 6.07) is 3.17. The molecule has 0 aliphatic carbocycles. The fraction of sp³-hybridized carbons (Fsp3) is 0.400. The van der Waals surface area contributed by atoms with Crippen molar-refractivity contribution in [3.63, 3.8) is 0 Å². The molecule has 1 atom stereocenters. The first-order valence-electron chi connectivity index (χ1n) is 7.00. The van der Waals surface area contributed by atoms with Crippen LogP contribution in [0.15, 0.2) is 23.8 Å². The number of nitro groups is 2. The summed E-state index contributed by atoms with van der Waals surface area (Å²) in [6.45, 7) is 6.80. The maximum Gasteiger partial charge on any atom is 0.339 e. The van der Waals surface area contributed by atoms with Crippen LogP contribution < -0.4 is 0 Å². The number of esters is 1. The van der Waals surface area contributed by atoms with Crippen molar-refractivity contribution < 1.29 is 19.4 Å². The number of ether oxygens (including phenoxy) is 1. The lowest BCUT2D eigenvalue weighted by Gasteiger charge is -2.14. The molecule has 0 bridgehead atoms. The van der Waals surface area contributed by atoms with E-state index >= 15 is 0 Å². The van der Waals surface area contributed by atoms with E-state index in [-0.39, 0.29) is 17.2 Å². The fourth-order valence-corrected chi connectivity index (χ4v) is 1.90. The molecule has 8 nitrogen and oxygen atoms in total. The molecule has 0 aromatic heterocycles. The number of hydrogen-bond acceptors (Lipinski definition) is 6. The van der Waals surface area contributed by atoms with Crippen LogP contribution in [-0.4, -0.2) is 21.9 Å². The molecule has 0 amide bonds. The highest BCUT2D eigenvalue weighted by Crippen LogP contribution is 2.32. The van der Waals surface area contributed by atoms with Crippen molar-refractivity contribution in [3.05, 3.63) is 49.6 Å². The van der Waals surface area contributed by atoms with Crippen LogP contribution in [0, 0.1) is 20.2 Å². The lowest BCUT2D eigenvalue weighted by Crippen LogP contribution is -2.16. The summed E-state index contributed by atoms with van der Waals surface area (Å²) < 4.78 is 5.24. The summed E-state index contributed by atoms with van der Waals surface area (Å²) in [7, 11) is 0. The fourth-order valence-electron chi connectivity index (χ4n) is 1.90. The van der Waals surface area contributed by atoms with Crippen molar-refractivity contribution in [2.24, 2.45) is 0 Å². The number of non-ortho nitro benzene ring substituents is 1. The smallest absolute Gasteiger partial charge is 0.339 e. The number of allylic oxidation sites excluding steroid dienone is 1. The molecule has 0 saturated carbocycles. The van der Waals surface area contributed by atoms with Gasteiger partial charge in [-0.3, -0.25) is 20.2 Å². The molecule has 1 unspecified atom stereocenters. The summed E-state index contributed by atoms with van der Waals surface area (Å²) in [6.07, 6.45) is 0.262. The first-order chi connectivity index (χ1) is 10.7. The first kappa shape index (κ1) is 18.3. The van der Waals surface area contributed by atoms with Crippen LogP contribution in [0.5, 0.6) is 0 Å². The van der Waals surface area contributed by atoms with E-state index in [4.69, 9.17) is 4.74 Å². The van der Waals surface area contributed by atoms with Crippen LogP contribution in [0.2, 0.25) is 0 Å². The van der Waals surface area contributed by atoms with E-state index in [1.165, 1.54) is 6.07 Å². The highest BCUT2D eigenvalue weighted by Gasteiger charge is 2.27. The lowest BCUT2D eigenvalue weighted by molar-refractivity contribution is -0.394. The monoisotopic (exact) mass is 322 g/mol. The molecule has 1 aromatic rings. The SMILES string of the molecule is CCC(C)OC(=O)C(=C(C)C)c1ccc([N+](=O)[O-])cc1[N+](=O)[O-]. The molecule has 0 heterocycles. The van der Waals surface area contributed by atoms with Crippen molar-refractivity contribution in [1.82, 2.24) is 0 Å². The second-order valence-corrected chi connectivity index (χ2v) is 5.21. The van der Waals surface area contributed by atoms with Crippen molar-refractivity contribution in [3.8, 4) is 0 Å². The van der Waals surface area contributed by atoms with Crippen LogP contribution in [0.25, 0.3) is 5.57 Å². The van der Waals surface area contributed by atoms with E-state index < -0.39 is 27.2 Å². The van der Waals surface area contributed by atoms with Gasteiger partial charge in [-0.25, -0.2) is 4.79 Å². The molecular weight excluding hydrogens is 304 g/mol. The highest BCUT2D eigenvalue weighted by molar-refractivity contribution is 6.18. The summed E-state index contributed by atoms with van der Waals surface area (Å²) in [5.41, 5.74) is -0.337. The van der Waals surface area contributed by atoms with E-state index in [0.717, 1.165) is 12.1 Å². The Morgan fingerprint density at radius 2 is 1.83 bits per heavy atom. The number of nitrogens with zero attached hydrogens (tertiary/aromatic N) is 2. The van der Waals surface area contributed by atoms with Gasteiger partial charge in [-0.15, -0.1) is 0 Å². The van der Waals surface area contributed by atoms with E-state index in [1.807, 2.05) is 6.92 Å². The highest BCUT2D eigenvalue weighted by atomic mass is 16.6. The minimum absolute atomic E-state index is 0.00824. The van der Waals surface area contributed by atoms with E-state index in [9.17, 15) is 25.0 Å². The quantitative estimate of drug-likeness (QED) is 0.342. The average Bonchev–Trinajstić information content (AvgIpc) is 2.46. The van der Waals surface area contributed by atoms with E-state index in [2.05, 4.69) is 0 Å². The van der Waals surface area contributed by atoms with Crippen molar-refractivity contribution in [2.45, 2.75) is 40.2 Å². The van der Waals surface area contributed by atoms with Crippen molar-refractivity contribution in [2.75, 3.05) is 0 Å². The number of carbonyl (C=O) groups excluding carboxylic acids is 1. The van der Waals surface area contributed by atoms with Gasteiger partial charge in [0.2, 0.25) is 0 Å². The van der Waals surface area contributed by atoms with Crippen LogP contribution in [-0.2, 0) is 9.53 Å². The van der Waals surface area contributed by atoms with Gasteiger partial charge in [0.05, 0.1) is 33.2 Å². The number of benzene rings is 1. The molecule has 23 heavy (non-hydrogen) atoms. The predicted molar refractivity (Wildman–Crippen MR) is 83.9 cm³/mol. The van der Waals surface area contributed by atoms with Gasteiger partial charge in [0.1, 0.15) is 0 Å². The van der Waals surface area contributed by atoms with E-state index in [0.29, 0.717) is 12.0 Å². The van der Waals surface area contributed by atoms with Gasteiger partial charge >= 0.3 is 5.97 Å². The maximum absolute atomic E-state index is 12.3.